The quantitative estimate of drug-likeness (QED) is 0.791. The Kier molecular flexibility index (Phi) is 7.39. The Morgan fingerprint density at radius 3 is 2.62 bits per heavy atom. The summed E-state index contributed by atoms with van der Waals surface area (Å²) in [5.74, 6) is 0.880. The number of carbonyl (C=O) groups is 1. The maximum atomic E-state index is 11.9. The molecule has 0 aromatic heterocycles. The lowest BCUT2D eigenvalue weighted by Crippen LogP contribution is -2.58. The second-order valence-electron chi connectivity index (χ2n) is 4.10. The highest BCUT2D eigenvalue weighted by atomic mass is 35.5. The number of amides is 1. The van der Waals surface area contributed by atoms with Crippen molar-refractivity contribution in [3.63, 3.8) is 0 Å². The van der Waals surface area contributed by atoms with Gasteiger partial charge in [-0.15, -0.1) is 12.4 Å². The van der Waals surface area contributed by atoms with Crippen molar-refractivity contribution in [3.05, 3.63) is 0 Å². The molecule has 4 nitrogen and oxygen atoms in total. The van der Waals surface area contributed by atoms with Crippen LogP contribution in [0.25, 0.3) is 0 Å². The smallest absolute Gasteiger partial charge is 0.240 e. The molecule has 1 saturated heterocycles. The van der Waals surface area contributed by atoms with Gasteiger partial charge in [0.1, 0.15) is 0 Å². The van der Waals surface area contributed by atoms with Crippen LogP contribution in [0.15, 0.2) is 0 Å². The van der Waals surface area contributed by atoms with E-state index >= 15 is 0 Å². The molecule has 0 aromatic carbocycles. The zero-order valence-corrected chi connectivity index (χ0v) is 11.5. The summed E-state index contributed by atoms with van der Waals surface area (Å²) in [6.45, 7) is 3.17. The van der Waals surface area contributed by atoms with Crippen LogP contribution in [0.5, 0.6) is 0 Å². The number of thioether (sulfide) groups is 1. The summed E-state index contributed by atoms with van der Waals surface area (Å²) in [7, 11) is 0. The summed E-state index contributed by atoms with van der Waals surface area (Å²) in [6, 6.07) is 0.177. The van der Waals surface area contributed by atoms with Crippen molar-refractivity contribution in [3.8, 4) is 0 Å². The lowest BCUT2D eigenvalue weighted by atomic mass is 9.90. The van der Waals surface area contributed by atoms with Crippen LogP contribution in [0.2, 0.25) is 0 Å². The minimum atomic E-state index is -0.717. The van der Waals surface area contributed by atoms with Crippen LogP contribution in [0.1, 0.15) is 19.8 Å². The number of nitrogens with two attached hydrogens (primary N) is 1. The van der Waals surface area contributed by atoms with E-state index < -0.39 is 5.54 Å². The van der Waals surface area contributed by atoms with E-state index in [9.17, 15) is 4.79 Å². The second-order valence-corrected chi connectivity index (χ2v) is 5.01. The van der Waals surface area contributed by atoms with Crippen molar-refractivity contribution in [2.24, 2.45) is 5.73 Å². The van der Waals surface area contributed by atoms with Gasteiger partial charge >= 0.3 is 0 Å². The number of ether oxygens (including phenoxy) is 1. The van der Waals surface area contributed by atoms with Gasteiger partial charge in [0, 0.05) is 25.0 Å². The van der Waals surface area contributed by atoms with Crippen LogP contribution in [-0.4, -0.2) is 42.7 Å². The standard InChI is InChI=1S/C10H20N2O2S.ClH/c1-8(7-15-2)12-9(13)10(11)3-5-14-6-4-10;/h8H,3-7,11H2,1-2H3,(H,12,13);1H. The molecule has 0 bridgehead atoms. The van der Waals surface area contributed by atoms with E-state index in [1.54, 1.807) is 11.8 Å². The molecular formula is C10H21ClN2O2S. The Hall–Kier alpha value is 0.0300. The number of hydrogen-bond donors (Lipinski definition) is 2. The molecule has 1 fully saturated rings. The maximum Gasteiger partial charge on any atom is 0.240 e. The molecule has 0 aromatic rings. The van der Waals surface area contributed by atoms with Crippen LogP contribution in [0, 0.1) is 0 Å². The summed E-state index contributed by atoms with van der Waals surface area (Å²) in [5.41, 5.74) is 5.33. The summed E-state index contributed by atoms with van der Waals surface area (Å²) >= 11 is 1.72. The summed E-state index contributed by atoms with van der Waals surface area (Å²) < 4.78 is 5.20. The molecule has 1 aliphatic heterocycles. The molecule has 0 aliphatic carbocycles. The molecule has 96 valence electrons. The normalized spacial score (nSPS) is 20.7. The first-order valence-electron chi connectivity index (χ1n) is 5.25. The third-order valence-electron chi connectivity index (χ3n) is 2.63. The third-order valence-corrected chi connectivity index (χ3v) is 3.46. The van der Waals surface area contributed by atoms with Gasteiger partial charge in [-0.1, -0.05) is 0 Å². The fourth-order valence-electron chi connectivity index (χ4n) is 1.62. The molecule has 0 radical (unpaired) electrons. The molecule has 0 saturated carbocycles. The number of hydrogen-bond acceptors (Lipinski definition) is 4. The minimum Gasteiger partial charge on any atom is -0.381 e. The van der Waals surface area contributed by atoms with Gasteiger partial charge in [0.05, 0.1) is 5.54 Å². The fraction of sp³-hybridized carbons (Fsp3) is 0.900. The Balaban J connectivity index is 0.00000225. The lowest BCUT2D eigenvalue weighted by Gasteiger charge is -2.32. The predicted molar refractivity (Wildman–Crippen MR) is 70.2 cm³/mol. The van der Waals surface area contributed by atoms with E-state index in [1.165, 1.54) is 0 Å². The van der Waals surface area contributed by atoms with E-state index in [0.717, 1.165) is 5.75 Å². The second kappa shape index (κ2) is 7.37. The van der Waals surface area contributed by atoms with E-state index in [-0.39, 0.29) is 24.4 Å². The van der Waals surface area contributed by atoms with Gasteiger partial charge in [0.25, 0.3) is 0 Å². The van der Waals surface area contributed by atoms with Crippen LogP contribution in [0.4, 0.5) is 0 Å². The zero-order chi connectivity index (χ0) is 11.3. The summed E-state index contributed by atoms with van der Waals surface area (Å²) in [5, 5.41) is 2.95. The first kappa shape index (κ1) is 16.0. The number of nitrogens with one attached hydrogen (secondary N) is 1. The zero-order valence-electron chi connectivity index (χ0n) is 9.82. The molecule has 3 N–H and O–H groups in total. The monoisotopic (exact) mass is 268 g/mol. The van der Waals surface area contributed by atoms with Gasteiger partial charge in [-0.3, -0.25) is 4.79 Å². The van der Waals surface area contributed by atoms with Gasteiger partial charge in [-0.25, -0.2) is 0 Å². The van der Waals surface area contributed by atoms with E-state index in [1.807, 2.05) is 13.2 Å². The molecule has 1 heterocycles. The average Bonchev–Trinajstić information content (AvgIpc) is 2.19. The largest absolute Gasteiger partial charge is 0.381 e. The molecule has 16 heavy (non-hydrogen) atoms. The SMILES string of the molecule is CSCC(C)NC(=O)C1(N)CCOCC1.Cl. The van der Waals surface area contributed by atoms with Crippen LogP contribution < -0.4 is 11.1 Å². The van der Waals surface area contributed by atoms with Gasteiger partial charge in [0.2, 0.25) is 5.91 Å². The molecule has 1 atom stereocenters. The highest BCUT2D eigenvalue weighted by molar-refractivity contribution is 7.98. The van der Waals surface area contributed by atoms with Crippen molar-refractivity contribution in [1.82, 2.24) is 5.32 Å². The van der Waals surface area contributed by atoms with E-state index in [4.69, 9.17) is 10.5 Å². The fourth-order valence-corrected chi connectivity index (χ4v) is 2.21. The Bertz CT molecular complexity index is 223. The Morgan fingerprint density at radius 2 is 2.12 bits per heavy atom. The lowest BCUT2D eigenvalue weighted by molar-refractivity contribution is -0.130. The highest BCUT2D eigenvalue weighted by Gasteiger charge is 2.36. The van der Waals surface area contributed by atoms with E-state index in [2.05, 4.69) is 5.32 Å². The molecule has 0 spiro atoms. The number of rotatable bonds is 4. The molecule has 1 unspecified atom stereocenters. The first-order chi connectivity index (χ1) is 7.08. The van der Waals surface area contributed by atoms with Crippen molar-refractivity contribution in [1.29, 1.82) is 0 Å². The predicted octanol–water partition coefficient (Wildman–Crippen LogP) is 0.784. The Labute approximate surface area is 107 Å². The van der Waals surface area contributed by atoms with Crippen molar-refractivity contribution >= 4 is 30.1 Å². The summed E-state index contributed by atoms with van der Waals surface area (Å²) in [6.07, 6.45) is 3.25. The van der Waals surface area contributed by atoms with Crippen molar-refractivity contribution in [2.45, 2.75) is 31.3 Å². The van der Waals surface area contributed by atoms with Crippen molar-refractivity contribution < 1.29 is 9.53 Å². The molecule has 1 aliphatic rings. The van der Waals surface area contributed by atoms with Gasteiger partial charge in [-0.05, 0) is 26.0 Å². The van der Waals surface area contributed by atoms with Gasteiger partial charge in [-0.2, -0.15) is 11.8 Å². The minimum absolute atomic E-state index is 0. The average molecular weight is 269 g/mol. The molecule has 1 rings (SSSR count). The number of carbonyl (C=O) groups excluding carboxylic acids is 1. The maximum absolute atomic E-state index is 11.9. The van der Waals surface area contributed by atoms with Crippen LogP contribution in [0.3, 0.4) is 0 Å². The van der Waals surface area contributed by atoms with Gasteiger partial charge < -0.3 is 15.8 Å². The molecule has 6 heteroatoms. The van der Waals surface area contributed by atoms with E-state index in [0.29, 0.717) is 26.1 Å². The van der Waals surface area contributed by atoms with Gasteiger partial charge in [0.15, 0.2) is 0 Å². The van der Waals surface area contributed by atoms with Crippen LogP contribution >= 0.6 is 24.2 Å². The topological polar surface area (TPSA) is 64.4 Å². The first-order valence-corrected chi connectivity index (χ1v) is 6.64. The Morgan fingerprint density at radius 1 is 1.56 bits per heavy atom. The number of halogens is 1. The van der Waals surface area contributed by atoms with Crippen molar-refractivity contribution in [2.75, 3.05) is 25.2 Å². The summed E-state index contributed by atoms with van der Waals surface area (Å²) in [4.78, 5) is 11.9. The van der Waals surface area contributed by atoms with Crippen LogP contribution in [-0.2, 0) is 9.53 Å². The third kappa shape index (κ3) is 4.49. The molecular weight excluding hydrogens is 248 g/mol. The highest BCUT2D eigenvalue weighted by Crippen LogP contribution is 2.18. The molecule has 1 amide bonds.